The minimum absolute atomic E-state index is 0.130. The molecule has 1 heterocycles. The molecule has 1 aliphatic rings. The van der Waals surface area contributed by atoms with Gasteiger partial charge in [0.2, 0.25) is 5.91 Å². The van der Waals surface area contributed by atoms with E-state index in [0.29, 0.717) is 19.0 Å². The molecule has 70 valence electrons. The second-order valence-electron chi connectivity index (χ2n) is 3.43. The summed E-state index contributed by atoms with van der Waals surface area (Å²) in [5.41, 5.74) is 5.50. The van der Waals surface area contributed by atoms with Gasteiger partial charge < -0.3 is 11.1 Å². The third-order valence-corrected chi connectivity index (χ3v) is 2.09. The molecular weight excluding hydrogens is 154 g/mol. The Morgan fingerprint density at radius 1 is 1.75 bits per heavy atom. The van der Waals surface area contributed by atoms with Gasteiger partial charge in [0, 0.05) is 19.6 Å². The standard InChI is InChI=1S/C8H17N3O/c1-7(4-9)5-11-3-2-10-8(12)6-11/h7H,2-6,9H2,1H3,(H,10,12). The third kappa shape index (κ3) is 2.79. The predicted octanol–water partition coefficient (Wildman–Crippen LogP) is -0.987. The molecular formula is C8H17N3O. The summed E-state index contributed by atoms with van der Waals surface area (Å²) in [6.07, 6.45) is 0. The number of piperazine rings is 1. The Morgan fingerprint density at radius 3 is 3.08 bits per heavy atom. The average molecular weight is 171 g/mol. The van der Waals surface area contributed by atoms with Gasteiger partial charge in [-0.1, -0.05) is 6.92 Å². The molecule has 1 unspecified atom stereocenters. The molecule has 1 rings (SSSR count). The van der Waals surface area contributed by atoms with E-state index in [1.54, 1.807) is 0 Å². The lowest BCUT2D eigenvalue weighted by Crippen LogP contribution is -2.49. The predicted molar refractivity (Wildman–Crippen MR) is 47.7 cm³/mol. The maximum absolute atomic E-state index is 11.0. The van der Waals surface area contributed by atoms with Crippen molar-refractivity contribution in [3.05, 3.63) is 0 Å². The van der Waals surface area contributed by atoms with E-state index in [2.05, 4.69) is 17.1 Å². The summed E-state index contributed by atoms with van der Waals surface area (Å²) in [6.45, 7) is 5.99. The maximum Gasteiger partial charge on any atom is 0.234 e. The minimum atomic E-state index is 0.130. The Labute approximate surface area is 73.1 Å². The van der Waals surface area contributed by atoms with E-state index >= 15 is 0 Å². The monoisotopic (exact) mass is 171 g/mol. The van der Waals surface area contributed by atoms with E-state index in [-0.39, 0.29) is 5.91 Å². The highest BCUT2D eigenvalue weighted by atomic mass is 16.2. The van der Waals surface area contributed by atoms with E-state index in [4.69, 9.17) is 5.73 Å². The van der Waals surface area contributed by atoms with Crippen molar-refractivity contribution in [1.82, 2.24) is 10.2 Å². The molecule has 1 fully saturated rings. The average Bonchev–Trinajstić information content (AvgIpc) is 2.04. The van der Waals surface area contributed by atoms with Crippen LogP contribution < -0.4 is 11.1 Å². The van der Waals surface area contributed by atoms with Gasteiger partial charge in [0.25, 0.3) is 0 Å². The Kier molecular flexibility index (Phi) is 3.49. The highest BCUT2D eigenvalue weighted by Crippen LogP contribution is 1.99. The zero-order valence-electron chi connectivity index (χ0n) is 7.55. The van der Waals surface area contributed by atoms with Gasteiger partial charge in [0.1, 0.15) is 0 Å². The zero-order valence-corrected chi connectivity index (χ0v) is 7.55. The van der Waals surface area contributed by atoms with Gasteiger partial charge in [0.05, 0.1) is 6.54 Å². The van der Waals surface area contributed by atoms with Crippen LogP contribution in [0.15, 0.2) is 0 Å². The Balaban J connectivity index is 2.27. The van der Waals surface area contributed by atoms with Crippen molar-refractivity contribution in [3.63, 3.8) is 0 Å². The number of carbonyl (C=O) groups excluding carboxylic acids is 1. The van der Waals surface area contributed by atoms with Crippen LogP contribution in [0.4, 0.5) is 0 Å². The van der Waals surface area contributed by atoms with Crippen LogP contribution >= 0.6 is 0 Å². The largest absolute Gasteiger partial charge is 0.354 e. The van der Waals surface area contributed by atoms with Crippen LogP contribution in [-0.4, -0.2) is 43.5 Å². The molecule has 0 aliphatic carbocycles. The first-order valence-corrected chi connectivity index (χ1v) is 4.41. The molecule has 4 nitrogen and oxygen atoms in total. The van der Waals surface area contributed by atoms with Crippen LogP contribution in [0.2, 0.25) is 0 Å². The van der Waals surface area contributed by atoms with Crippen molar-refractivity contribution >= 4 is 5.91 Å². The molecule has 1 saturated heterocycles. The lowest BCUT2D eigenvalue weighted by Gasteiger charge is -2.28. The van der Waals surface area contributed by atoms with E-state index in [0.717, 1.165) is 19.6 Å². The van der Waals surface area contributed by atoms with Gasteiger partial charge in [-0.25, -0.2) is 0 Å². The van der Waals surface area contributed by atoms with Gasteiger partial charge in [0.15, 0.2) is 0 Å². The van der Waals surface area contributed by atoms with E-state index < -0.39 is 0 Å². The summed E-state index contributed by atoms with van der Waals surface area (Å²) in [4.78, 5) is 13.1. The lowest BCUT2D eigenvalue weighted by molar-refractivity contribution is -0.124. The molecule has 1 atom stereocenters. The number of rotatable bonds is 3. The second-order valence-corrected chi connectivity index (χ2v) is 3.43. The summed E-state index contributed by atoms with van der Waals surface area (Å²) >= 11 is 0. The molecule has 0 saturated carbocycles. The number of hydrogen-bond acceptors (Lipinski definition) is 3. The fourth-order valence-electron chi connectivity index (χ4n) is 1.36. The molecule has 1 aliphatic heterocycles. The quantitative estimate of drug-likeness (QED) is 0.573. The summed E-state index contributed by atoms with van der Waals surface area (Å²) in [5, 5.41) is 2.79. The zero-order chi connectivity index (χ0) is 8.97. The molecule has 1 amide bonds. The highest BCUT2D eigenvalue weighted by Gasteiger charge is 2.16. The van der Waals surface area contributed by atoms with E-state index in [1.807, 2.05) is 0 Å². The Morgan fingerprint density at radius 2 is 2.50 bits per heavy atom. The van der Waals surface area contributed by atoms with Crippen LogP contribution in [0.5, 0.6) is 0 Å². The lowest BCUT2D eigenvalue weighted by atomic mass is 10.1. The minimum Gasteiger partial charge on any atom is -0.354 e. The molecule has 0 aromatic carbocycles. The number of nitrogens with zero attached hydrogens (tertiary/aromatic N) is 1. The molecule has 0 aromatic heterocycles. The van der Waals surface area contributed by atoms with Crippen molar-refractivity contribution < 1.29 is 4.79 Å². The number of amides is 1. The SMILES string of the molecule is CC(CN)CN1CCNC(=O)C1. The molecule has 4 heteroatoms. The molecule has 3 N–H and O–H groups in total. The molecule has 0 spiro atoms. The van der Waals surface area contributed by atoms with E-state index in [9.17, 15) is 4.79 Å². The van der Waals surface area contributed by atoms with Crippen LogP contribution in [0.3, 0.4) is 0 Å². The number of nitrogens with two attached hydrogens (primary N) is 1. The topological polar surface area (TPSA) is 58.4 Å². The number of nitrogens with one attached hydrogen (secondary N) is 1. The van der Waals surface area contributed by atoms with Crippen molar-refractivity contribution in [2.45, 2.75) is 6.92 Å². The van der Waals surface area contributed by atoms with E-state index in [1.165, 1.54) is 0 Å². The van der Waals surface area contributed by atoms with Crippen LogP contribution in [0, 0.1) is 5.92 Å². The highest BCUT2D eigenvalue weighted by molar-refractivity contribution is 5.78. The molecule has 0 aromatic rings. The van der Waals surface area contributed by atoms with Crippen molar-refractivity contribution in [2.75, 3.05) is 32.7 Å². The van der Waals surface area contributed by atoms with Crippen molar-refractivity contribution in [2.24, 2.45) is 11.7 Å². The Bertz CT molecular complexity index is 160. The first-order chi connectivity index (χ1) is 5.72. The van der Waals surface area contributed by atoms with Crippen molar-refractivity contribution in [3.8, 4) is 0 Å². The first kappa shape index (κ1) is 9.48. The maximum atomic E-state index is 11.0. The van der Waals surface area contributed by atoms with Crippen LogP contribution in [0.1, 0.15) is 6.92 Å². The third-order valence-electron chi connectivity index (χ3n) is 2.09. The van der Waals surface area contributed by atoms with Crippen LogP contribution in [0.25, 0.3) is 0 Å². The number of carbonyl (C=O) groups is 1. The summed E-state index contributed by atoms with van der Waals surface area (Å²) in [6, 6.07) is 0. The fourth-order valence-corrected chi connectivity index (χ4v) is 1.36. The van der Waals surface area contributed by atoms with Gasteiger partial charge in [-0.2, -0.15) is 0 Å². The van der Waals surface area contributed by atoms with Gasteiger partial charge >= 0.3 is 0 Å². The van der Waals surface area contributed by atoms with Gasteiger partial charge in [-0.15, -0.1) is 0 Å². The summed E-state index contributed by atoms with van der Waals surface area (Å²) < 4.78 is 0. The fraction of sp³-hybridized carbons (Fsp3) is 0.875. The Hall–Kier alpha value is -0.610. The normalized spacial score (nSPS) is 22.0. The molecule has 0 radical (unpaired) electrons. The smallest absolute Gasteiger partial charge is 0.234 e. The van der Waals surface area contributed by atoms with Gasteiger partial charge in [-0.3, -0.25) is 9.69 Å². The van der Waals surface area contributed by atoms with Gasteiger partial charge in [-0.05, 0) is 12.5 Å². The molecule has 12 heavy (non-hydrogen) atoms. The summed E-state index contributed by atoms with van der Waals surface area (Å²) in [7, 11) is 0. The second kappa shape index (κ2) is 4.42. The van der Waals surface area contributed by atoms with Crippen LogP contribution in [-0.2, 0) is 4.79 Å². The summed E-state index contributed by atoms with van der Waals surface area (Å²) in [5.74, 6) is 0.612. The molecule has 0 bridgehead atoms. The number of hydrogen-bond donors (Lipinski definition) is 2. The van der Waals surface area contributed by atoms with Crippen molar-refractivity contribution in [1.29, 1.82) is 0 Å². The first-order valence-electron chi connectivity index (χ1n) is 4.41.